The van der Waals surface area contributed by atoms with Crippen LogP contribution in [0.25, 0.3) is 10.2 Å². The number of hydrogen-bond donors (Lipinski definition) is 3. The molecule has 3 aromatic rings. The fourth-order valence-corrected chi connectivity index (χ4v) is 3.65. The molecule has 0 saturated carbocycles. The third-order valence-electron chi connectivity index (χ3n) is 4.35. The van der Waals surface area contributed by atoms with Gasteiger partial charge in [0.1, 0.15) is 11.8 Å². The predicted octanol–water partition coefficient (Wildman–Crippen LogP) is 1.50. The first-order valence-electron chi connectivity index (χ1n) is 8.36. The van der Waals surface area contributed by atoms with Crippen LogP contribution in [0.2, 0.25) is 0 Å². The van der Waals surface area contributed by atoms with Gasteiger partial charge in [-0.15, -0.1) is 0 Å². The lowest BCUT2D eigenvalue weighted by Gasteiger charge is -2.22. The Balaban J connectivity index is 1.71. The van der Waals surface area contributed by atoms with Gasteiger partial charge in [0.2, 0.25) is 0 Å². The topological polar surface area (TPSA) is 81.7 Å². The number of nitrogens with one attached hydrogen (secondary N) is 2. The minimum absolute atomic E-state index is 0.0985. The number of aromatic nitrogens is 1. The summed E-state index contributed by atoms with van der Waals surface area (Å²) in [5, 5.41) is 3.55. The smallest absolute Gasteiger partial charge is 0.251 e. The van der Waals surface area contributed by atoms with Crippen LogP contribution in [-0.4, -0.2) is 38.6 Å². The number of amides is 1. The van der Waals surface area contributed by atoms with Crippen LogP contribution in [0, 0.1) is 0 Å². The molecule has 2 aromatic carbocycles. The average molecular weight is 371 g/mol. The first-order chi connectivity index (χ1) is 12.5. The van der Waals surface area contributed by atoms with Crippen molar-refractivity contribution >= 4 is 32.6 Å². The average Bonchev–Trinajstić information content (AvgIpc) is 3.01. The van der Waals surface area contributed by atoms with E-state index in [0.29, 0.717) is 17.2 Å². The monoisotopic (exact) mass is 371 g/mol. The van der Waals surface area contributed by atoms with Gasteiger partial charge in [-0.1, -0.05) is 11.3 Å². The van der Waals surface area contributed by atoms with Crippen molar-refractivity contribution in [2.75, 3.05) is 33.5 Å². The molecule has 136 valence electrons. The summed E-state index contributed by atoms with van der Waals surface area (Å²) >= 11 is 1.38. The van der Waals surface area contributed by atoms with E-state index < -0.39 is 0 Å². The van der Waals surface area contributed by atoms with Crippen molar-refractivity contribution in [1.82, 2.24) is 10.3 Å². The van der Waals surface area contributed by atoms with E-state index in [0.717, 1.165) is 21.5 Å². The van der Waals surface area contributed by atoms with Crippen LogP contribution in [-0.2, 0) is 0 Å². The first kappa shape index (κ1) is 18.2. The summed E-state index contributed by atoms with van der Waals surface area (Å²) in [4.78, 5) is 18.0. The third kappa shape index (κ3) is 3.95. The zero-order chi connectivity index (χ0) is 18.7. The van der Waals surface area contributed by atoms with E-state index in [1.165, 1.54) is 16.2 Å². The van der Waals surface area contributed by atoms with Crippen LogP contribution in [0.1, 0.15) is 22.0 Å². The van der Waals surface area contributed by atoms with Gasteiger partial charge in [-0.2, -0.15) is 0 Å². The van der Waals surface area contributed by atoms with Gasteiger partial charge in [0, 0.05) is 11.1 Å². The standard InChI is InChI=1S/C19H22N4O2S/c1-23(2)16(12-4-7-14(25-3)8-5-12)11-21-18(24)13-6-9-15-17(10-13)26-19(20)22-15/h4-10,16H,11H2,1-3H3,(H2,20,22)(H,21,24)/p+1/t16-/m0/s1. The summed E-state index contributed by atoms with van der Waals surface area (Å²) in [7, 11) is 5.80. The summed E-state index contributed by atoms with van der Waals surface area (Å²) in [5.74, 6) is 0.723. The minimum Gasteiger partial charge on any atom is -0.497 e. The zero-order valence-corrected chi connectivity index (χ0v) is 15.9. The maximum atomic E-state index is 12.6. The second-order valence-electron chi connectivity index (χ2n) is 6.35. The van der Waals surface area contributed by atoms with Gasteiger partial charge in [0.05, 0.1) is 38.0 Å². The number of nitrogens with zero attached hydrogens (tertiary/aromatic N) is 1. The highest BCUT2D eigenvalue weighted by Crippen LogP contribution is 2.24. The van der Waals surface area contributed by atoms with Crippen LogP contribution in [0.5, 0.6) is 5.75 Å². The number of methoxy groups -OCH3 is 1. The molecule has 0 saturated heterocycles. The molecule has 1 atom stereocenters. The van der Waals surface area contributed by atoms with E-state index in [2.05, 4.69) is 24.4 Å². The molecular weight excluding hydrogens is 348 g/mol. The molecule has 0 fully saturated rings. The van der Waals surface area contributed by atoms with E-state index in [4.69, 9.17) is 10.5 Å². The summed E-state index contributed by atoms with van der Waals surface area (Å²) in [6, 6.07) is 13.5. The SMILES string of the molecule is COc1ccc([C@H](CNC(=O)c2ccc3nc(N)sc3c2)[NH+](C)C)cc1. The minimum atomic E-state index is -0.0985. The van der Waals surface area contributed by atoms with Crippen molar-refractivity contribution in [2.24, 2.45) is 0 Å². The zero-order valence-electron chi connectivity index (χ0n) is 15.1. The Labute approximate surface area is 156 Å². The van der Waals surface area contributed by atoms with E-state index >= 15 is 0 Å². The lowest BCUT2D eigenvalue weighted by Crippen LogP contribution is -3.07. The number of rotatable bonds is 6. The van der Waals surface area contributed by atoms with Crippen LogP contribution in [0.15, 0.2) is 42.5 Å². The molecule has 1 amide bonds. The van der Waals surface area contributed by atoms with E-state index in [1.807, 2.05) is 36.4 Å². The number of nitrogen functional groups attached to an aromatic ring is 1. The third-order valence-corrected chi connectivity index (χ3v) is 5.20. The molecule has 0 aliphatic carbocycles. The second kappa shape index (κ2) is 7.72. The van der Waals surface area contributed by atoms with Gasteiger partial charge in [-0.05, 0) is 42.5 Å². The Morgan fingerprint density at radius 2 is 2.00 bits per heavy atom. The summed E-state index contributed by atoms with van der Waals surface area (Å²) in [5.41, 5.74) is 8.31. The molecule has 1 aromatic heterocycles. The number of hydrogen-bond acceptors (Lipinski definition) is 5. The largest absolute Gasteiger partial charge is 0.497 e. The molecule has 0 spiro atoms. The molecule has 26 heavy (non-hydrogen) atoms. The Morgan fingerprint density at radius 3 is 2.65 bits per heavy atom. The maximum absolute atomic E-state index is 12.6. The highest BCUT2D eigenvalue weighted by atomic mass is 32.1. The quantitative estimate of drug-likeness (QED) is 0.613. The first-order valence-corrected chi connectivity index (χ1v) is 9.18. The number of nitrogens with two attached hydrogens (primary N) is 1. The van der Waals surface area contributed by atoms with Gasteiger partial charge in [0.25, 0.3) is 5.91 Å². The van der Waals surface area contributed by atoms with Crippen molar-refractivity contribution < 1.29 is 14.4 Å². The normalized spacial score (nSPS) is 12.3. The lowest BCUT2D eigenvalue weighted by molar-refractivity contribution is -0.890. The summed E-state index contributed by atoms with van der Waals surface area (Å²) in [6.07, 6.45) is 0. The molecule has 3 rings (SSSR count). The summed E-state index contributed by atoms with van der Waals surface area (Å²) < 4.78 is 6.13. The van der Waals surface area contributed by atoms with E-state index in [1.54, 1.807) is 13.2 Å². The Hall–Kier alpha value is -2.64. The van der Waals surface area contributed by atoms with Gasteiger partial charge in [-0.3, -0.25) is 4.79 Å². The van der Waals surface area contributed by atoms with Crippen LogP contribution < -0.4 is 20.7 Å². The van der Waals surface area contributed by atoms with Crippen molar-refractivity contribution in [3.8, 4) is 5.75 Å². The fourth-order valence-electron chi connectivity index (χ4n) is 2.87. The highest BCUT2D eigenvalue weighted by Gasteiger charge is 2.19. The number of ether oxygens (including phenoxy) is 1. The van der Waals surface area contributed by atoms with E-state index in [-0.39, 0.29) is 11.9 Å². The van der Waals surface area contributed by atoms with Gasteiger partial charge >= 0.3 is 0 Å². The number of thiazole rings is 1. The molecule has 0 bridgehead atoms. The molecular formula is C19H23N4O2S+. The van der Waals surface area contributed by atoms with Gasteiger partial charge in [0.15, 0.2) is 5.13 Å². The molecule has 7 heteroatoms. The summed E-state index contributed by atoms with van der Waals surface area (Å²) in [6.45, 7) is 0.538. The van der Waals surface area contributed by atoms with Crippen LogP contribution >= 0.6 is 11.3 Å². The van der Waals surface area contributed by atoms with Crippen molar-refractivity contribution in [1.29, 1.82) is 0 Å². The number of quaternary nitrogens is 1. The Morgan fingerprint density at radius 1 is 1.27 bits per heavy atom. The maximum Gasteiger partial charge on any atom is 0.251 e. The Kier molecular flexibility index (Phi) is 5.39. The molecule has 0 aliphatic heterocycles. The number of carbonyl (C=O) groups is 1. The Bertz CT molecular complexity index is 906. The van der Waals surface area contributed by atoms with Gasteiger partial charge < -0.3 is 20.7 Å². The molecule has 0 unspecified atom stereocenters. The molecule has 0 radical (unpaired) electrons. The number of anilines is 1. The predicted molar refractivity (Wildman–Crippen MR) is 105 cm³/mol. The molecule has 1 heterocycles. The lowest BCUT2D eigenvalue weighted by atomic mass is 10.1. The van der Waals surface area contributed by atoms with Crippen LogP contribution in [0.4, 0.5) is 5.13 Å². The van der Waals surface area contributed by atoms with Gasteiger partial charge in [-0.25, -0.2) is 4.98 Å². The van der Waals surface area contributed by atoms with Crippen molar-refractivity contribution in [2.45, 2.75) is 6.04 Å². The number of carbonyl (C=O) groups excluding carboxylic acids is 1. The van der Waals surface area contributed by atoms with Crippen LogP contribution in [0.3, 0.4) is 0 Å². The highest BCUT2D eigenvalue weighted by molar-refractivity contribution is 7.22. The van der Waals surface area contributed by atoms with E-state index in [9.17, 15) is 4.79 Å². The van der Waals surface area contributed by atoms with Crippen molar-refractivity contribution in [3.05, 3.63) is 53.6 Å². The number of likely N-dealkylation sites (N-methyl/N-ethyl adjacent to an activating group) is 1. The van der Waals surface area contributed by atoms with Crippen molar-refractivity contribution in [3.63, 3.8) is 0 Å². The molecule has 0 aliphatic rings. The second-order valence-corrected chi connectivity index (χ2v) is 7.41. The number of benzene rings is 2. The molecule has 6 nitrogen and oxygen atoms in total. The fraction of sp³-hybridized carbons (Fsp3) is 0.263. The molecule has 4 N–H and O–H groups in total. The number of fused-ring (bicyclic) bond motifs is 1.